The smallest absolute Gasteiger partial charge is 0.246 e. The highest BCUT2D eigenvalue weighted by atomic mass is 16.5. The maximum atomic E-state index is 12.2. The fourth-order valence-corrected chi connectivity index (χ4v) is 2.57. The number of ether oxygens (including phenoxy) is 1. The lowest BCUT2D eigenvalue weighted by Crippen LogP contribution is -2.48. The zero-order valence-electron chi connectivity index (χ0n) is 13.9. The van der Waals surface area contributed by atoms with E-state index in [-0.39, 0.29) is 18.6 Å². The van der Waals surface area contributed by atoms with Crippen LogP contribution in [0.1, 0.15) is 19.4 Å². The van der Waals surface area contributed by atoms with Gasteiger partial charge in [-0.3, -0.25) is 9.69 Å². The van der Waals surface area contributed by atoms with Crippen LogP contribution in [-0.2, 0) is 4.79 Å². The quantitative estimate of drug-likeness (QED) is 0.810. The van der Waals surface area contributed by atoms with Crippen LogP contribution in [0, 0.1) is 0 Å². The third kappa shape index (κ3) is 5.69. The van der Waals surface area contributed by atoms with Crippen molar-refractivity contribution in [1.82, 2.24) is 9.80 Å². The molecule has 1 aromatic carbocycles. The molecule has 1 aliphatic heterocycles. The number of nitrogens with zero attached hydrogens (tertiary/aromatic N) is 2. The van der Waals surface area contributed by atoms with Crippen molar-refractivity contribution in [2.24, 2.45) is 0 Å². The van der Waals surface area contributed by atoms with E-state index >= 15 is 0 Å². The summed E-state index contributed by atoms with van der Waals surface area (Å²) in [7, 11) is 0. The molecule has 1 fully saturated rings. The lowest BCUT2D eigenvalue weighted by molar-refractivity contribution is -0.127. The van der Waals surface area contributed by atoms with Gasteiger partial charge in [-0.2, -0.15) is 0 Å². The zero-order chi connectivity index (χ0) is 16.7. The Hall–Kier alpha value is -1.85. The fraction of sp³-hybridized carbons (Fsp3) is 0.500. The standard InChI is InChI=1S/C18H26N2O3/c1-15(2)23-17-5-3-4-16(14-17)6-7-18(22)20-10-8-19(9-11-20)12-13-21/h3-7,14-15,21H,8-13H2,1-2H3/b7-6+. The van der Waals surface area contributed by atoms with E-state index in [4.69, 9.17) is 9.84 Å². The first-order valence-electron chi connectivity index (χ1n) is 8.15. The molecule has 1 amide bonds. The van der Waals surface area contributed by atoms with Gasteiger partial charge in [0.15, 0.2) is 0 Å². The highest BCUT2D eigenvalue weighted by Gasteiger charge is 2.18. The van der Waals surface area contributed by atoms with Gasteiger partial charge in [-0.1, -0.05) is 12.1 Å². The molecule has 0 unspecified atom stereocenters. The van der Waals surface area contributed by atoms with Gasteiger partial charge >= 0.3 is 0 Å². The molecule has 0 aliphatic carbocycles. The molecule has 1 heterocycles. The topological polar surface area (TPSA) is 53.0 Å². The SMILES string of the molecule is CC(C)Oc1cccc(/C=C/C(=O)N2CCN(CCO)CC2)c1. The maximum Gasteiger partial charge on any atom is 0.246 e. The van der Waals surface area contributed by atoms with Gasteiger partial charge in [0.2, 0.25) is 5.91 Å². The van der Waals surface area contributed by atoms with Gasteiger partial charge in [-0.05, 0) is 37.6 Å². The van der Waals surface area contributed by atoms with Gasteiger partial charge in [0.25, 0.3) is 0 Å². The van der Waals surface area contributed by atoms with Crippen molar-refractivity contribution < 1.29 is 14.6 Å². The minimum Gasteiger partial charge on any atom is -0.491 e. The number of β-amino-alcohol motifs (C(OH)–C–C–N with tert-alkyl or cyclic N) is 1. The summed E-state index contributed by atoms with van der Waals surface area (Å²) < 4.78 is 5.66. The molecule has 0 bridgehead atoms. The van der Waals surface area contributed by atoms with E-state index in [0.29, 0.717) is 19.6 Å². The van der Waals surface area contributed by atoms with Gasteiger partial charge in [0.1, 0.15) is 5.75 Å². The Bertz CT molecular complexity index is 535. The summed E-state index contributed by atoms with van der Waals surface area (Å²) in [5.41, 5.74) is 0.954. The summed E-state index contributed by atoms with van der Waals surface area (Å²) in [6, 6.07) is 7.73. The molecular weight excluding hydrogens is 292 g/mol. The van der Waals surface area contributed by atoms with E-state index in [1.54, 1.807) is 6.08 Å². The molecule has 0 aromatic heterocycles. The summed E-state index contributed by atoms with van der Waals surface area (Å²) in [4.78, 5) is 16.3. The molecule has 1 saturated heterocycles. The van der Waals surface area contributed by atoms with Crippen molar-refractivity contribution in [2.45, 2.75) is 20.0 Å². The van der Waals surface area contributed by atoms with Gasteiger partial charge in [-0.15, -0.1) is 0 Å². The van der Waals surface area contributed by atoms with E-state index in [1.165, 1.54) is 0 Å². The van der Waals surface area contributed by atoms with Gasteiger partial charge < -0.3 is 14.7 Å². The summed E-state index contributed by atoms with van der Waals surface area (Å²) in [5, 5.41) is 8.94. The molecule has 0 radical (unpaired) electrons. The lowest BCUT2D eigenvalue weighted by atomic mass is 10.2. The number of aliphatic hydroxyl groups is 1. The highest BCUT2D eigenvalue weighted by Crippen LogP contribution is 2.16. The first-order valence-corrected chi connectivity index (χ1v) is 8.15. The Balaban J connectivity index is 1.89. The Labute approximate surface area is 138 Å². The van der Waals surface area contributed by atoms with E-state index in [9.17, 15) is 4.79 Å². The maximum absolute atomic E-state index is 12.2. The van der Waals surface area contributed by atoms with Crippen molar-refractivity contribution in [3.63, 3.8) is 0 Å². The van der Waals surface area contributed by atoms with Crippen molar-refractivity contribution in [2.75, 3.05) is 39.3 Å². The molecule has 1 aliphatic rings. The van der Waals surface area contributed by atoms with Crippen molar-refractivity contribution in [3.05, 3.63) is 35.9 Å². The van der Waals surface area contributed by atoms with Crippen molar-refractivity contribution in [3.8, 4) is 5.75 Å². The molecule has 0 saturated carbocycles. The Morgan fingerprint density at radius 1 is 1.30 bits per heavy atom. The van der Waals surface area contributed by atoms with Crippen molar-refractivity contribution >= 4 is 12.0 Å². The minimum atomic E-state index is 0.0313. The molecule has 5 heteroatoms. The second-order valence-electron chi connectivity index (χ2n) is 5.96. The van der Waals surface area contributed by atoms with Crippen LogP contribution in [0.25, 0.3) is 6.08 Å². The first-order chi connectivity index (χ1) is 11.1. The van der Waals surface area contributed by atoms with E-state index in [2.05, 4.69) is 4.90 Å². The summed E-state index contributed by atoms with van der Waals surface area (Å²) in [6.45, 7) is 7.88. The molecule has 1 aromatic rings. The summed E-state index contributed by atoms with van der Waals surface area (Å²) in [5.74, 6) is 0.844. The zero-order valence-corrected chi connectivity index (χ0v) is 13.9. The molecule has 126 valence electrons. The first kappa shape index (κ1) is 17.5. The fourth-order valence-electron chi connectivity index (χ4n) is 2.57. The van der Waals surface area contributed by atoms with Gasteiger partial charge in [-0.25, -0.2) is 0 Å². The summed E-state index contributed by atoms with van der Waals surface area (Å²) >= 11 is 0. The molecule has 23 heavy (non-hydrogen) atoms. The second kappa shape index (κ2) is 8.70. The largest absolute Gasteiger partial charge is 0.491 e. The minimum absolute atomic E-state index is 0.0313. The predicted octanol–water partition coefficient (Wildman–Crippen LogP) is 1.62. The van der Waals surface area contributed by atoms with Crippen LogP contribution in [0.4, 0.5) is 0 Å². The average molecular weight is 318 g/mol. The highest BCUT2D eigenvalue weighted by molar-refractivity contribution is 5.91. The number of carbonyl (C=O) groups is 1. The predicted molar refractivity (Wildman–Crippen MR) is 91.3 cm³/mol. The Kier molecular flexibility index (Phi) is 6.62. The number of piperazine rings is 1. The number of aliphatic hydroxyl groups excluding tert-OH is 1. The summed E-state index contributed by atoms with van der Waals surface area (Å²) in [6.07, 6.45) is 3.58. The van der Waals surface area contributed by atoms with Crippen LogP contribution in [-0.4, -0.2) is 66.2 Å². The number of amides is 1. The van der Waals surface area contributed by atoms with Crippen LogP contribution < -0.4 is 4.74 Å². The van der Waals surface area contributed by atoms with E-state index in [0.717, 1.165) is 24.4 Å². The molecule has 1 N–H and O–H groups in total. The van der Waals surface area contributed by atoms with E-state index in [1.807, 2.05) is 49.1 Å². The Morgan fingerprint density at radius 2 is 2.04 bits per heavy atom. The number of hydrogen-bond acceptors (Lipinski definition) is 4. The van der Waals surface area contributed by atoms with Crippen molar-refractivity contribution in [1.29, 1.82) is 0 Å². The van der Waals surface area contributed by atoms with Crippen LogP contribution in [0.2, 0.25) is 0 Å². The third-order valence-electron chi connectivity index (χ3n) is 3.75. The lowest BCUT2D eigenvalue weighted by Gasteiger charge is -2.33. The molecule has 0 spiro atoms. The monoisotopic (exact) mass is 318 g/mol. The number of carbonyl (C=O) groups excluding carboxylic acids is 1. The van der Waals surface area contributed by atoms with Gasteiger partial charge in [0.05, 0.1) is 12.7 Å². The number of rotatable bonds is 6. The molecule has 5 nitrogen and oxygen atoms in total. The van der Waals surface area contributed by atoms with Crippen LogP contribution in [0.5, 0.6) is 5.75 Å². The number of benzene rings is 1. The second-order valence-corrected chi connectivity index (χ2v) is 5.96. The molecule has 2 rings (SSSR count). The van der Waals surface area contributed by atoms with Crippen LogP contribution >= 0.6 is 0 Å². The molecular formula is C18H26N2O3. The third-order valence-corrected chi connectivity index (χ3v) is 3.75. The van der Waals surface area contributed by atoms with E-state index < -0.39 is 0 Å². The average Bonchev–Trinajstić information content (AvgIpc) is 2.53. The normalized spacial score (nSPS) is 16.3. The number of hydrogen-bond donors (Lipinski definition) is 1. The van der Waals surface area contributed by atoms with Gasteiger partial charge in [0, 0.05) is 38.8 Å². The Morgan fingerprint density at radius 3 is 2.70 bits per heavy atom. The van der Waals surface area contributed by atoms with Crippen LogP contribution in [0.3, 0.4) is 0 Å². The van der Waals surface area contributed by atoms with Crippen LogP contribution in [0.15, 0.2) is 30.3 Å². The molecule has 0 atom stereocenters.